The summed E-state index contributed by atoms with van der Waals surface area (Å²) in [5.41, 5.74) is -0.280. The van der Waals surface area contributed by atoms with Gasteiger partial charge in [0.05, 0.1) is 5.56 Å². The van der Waals surface area contributed by atoms with Crippen molar-refractivity contribution in [2.24, 2.45) is 5.92 Å². The summed E-state index contributed by atoms with van der Waals surface area (Å²) in [5, 5.41) is 6.30. The zero-order valence-electron chi connectivity index (χ0n) is 15.4. The molecule has 1 heterocycles. The van der Waals surface area contributed by atoms with Crippen LogP contribution in [0.3, 0.4) is 0 Å². The normalized spacial score (nSPS) is 21.7. The number of benzene rings is 1. The van der Waals surface area contributed by atoms with Gasteiger partial charge in [0.25, 0.3) is 0 Å². The van der Waals surface area contributed by atoms with E-state index in [-0.39, 0.29) is 23.7 Å². The van der Waals surface area contributed by atoms with Gasteiger partial charge < -0.3 is 10.6 Å². The Balaban J connectivity index is 0.00000261. The fourth-order valence-corrected chi connectivity index (χ4v) is 4.30. The minimum absolute atomic E-state index is 0. The first-order chi connectivity index (χ1) is 12.4. The maximum atomic E-state index is 13.1. The van der Waals surface area contributed by atoms with E-state index >= 15 is 0 Å². The summed E-state index contributed by atoms with van der Waals surface area (Å²) >= 11 is 0. The third-order valence-corrected chi connectivity index (χ3v) is 5.93. The molecule has 152 valence electrons. The molecule has 0 aromatic heterocycles. The highest BCUT2D eigenvalue weighted by Gasteiger charge is 2.38. The van der Waals surface area contributed by atoms with Crippen molar-refractivity contribution in [2.45, 2.75) is 56.5 Å². The number of halogens is 4. The fraction of sp³-hybridized carbons (Fsp3) is 0.650. The molecule has 2 N–H and O–H groups in total. The molecule has 1 atom stereocenters. The van der Waals surface area contributed by atoms with Gasteiger partial charge in [-0.05, 0) is 56.3 Å². The van der Waals surface area contributed by atoms with Crippen LogP contribution < -0.4 is 10.6 Å². The number of nitrogens with one attached hydrogen (secondary N) is 2. The Morgan fingerprint density at radius 3 is 2.63 bits per heavy atom. The van der Waals surface area contributed by atoms with Gasteiger partial charge in [0, 0.05) is 18.4 Å². The molecule has 3 nitrogen and oxygen atoms in total. The van der Waals surface area contributed by atoms with E-state index in [1.165, 1.54) is 12.1 Å². The zero-order chi connectivity index (χ0) is 18.6. The predicted molar refractivity (Wildman–Crippen MR) is 102 cm³/mol. The van der Waals surface area contributed by atoms with Gasteiger partial charge >= 0.3 is 6.18 Å². The van der Waals surface area contributed by atoms with Crippen LogP contribution in [0.15, 0.2) is 24.3 Å². The van der Waals surface area contributed by atoms with Gasteiger partial charge in [0.2, 0.25) is 5.91 Å². The average molecular weight is 405 g/mol. The van der Waals surface area contributed by atoms with Crippen LogP contribution in [0.2, 0.25) is 0 Å². The molecule has 1 saturated carbocycles. The average Bonchev–Trinajstić information content (AvgIpc) is 3.30. The second-order valence-corrected chi connectivity index (χ2v) is 7.74. The van der Waals surface area contributed by atoms with Crippen molar-refractivity contribution in [3.05, 3.63) is 35.4 Å². The Bertz CT molecular complexity index is 624. The number of hydrogen-bond acceptors (Lipinski definition) is 2. The molecule has 7 heteroatoms. The molecule has 1 aromatic rings. The van der Waals surface area contributed by atoms with Crippen LogP contribution in [0, 0.1) is 5.92 Å². The molecule has 1 aromatic carbocycles. The third-order valence-electron chi connectivity index (χ3n) is 5.93. The van der Waals surface area contributed by atoms with Crippen LogP contribution in [-0.4, -0.2) is 25.5 Å². The number of amides is 1. The first kappa shape index (κ1) is 22.0. The van der Waals surface area contributed by atoms with E-state index in [0.29, 0.717) is 24.4 Å². The summed E-state index contributed by atoms with van der Waals surface area (Å²) in [7, 11) is 0. The van der Waals surface area contributed by atoms with Crippen molar-refractivity contribution in [3.63, 3.8) is 0 Å². The van der Waals surface area contributed by atoms with Crippen molar-refractivity contribution in [3.8, 4) is 0 Å². The number of rotatable bonds is 6. The molecule has 2 aliphatic rings. The highest BCUT2D eigenvalue weighted by molar-refractivity contribution is 5.85. The number of alkyl halides is 3. The van der Waals surface area contributed by atoms with Crippen molar-refractivity contribution in [1.29, 1.82) is 0 Å². The minimum Gasteiger partial charge on any atom is -0.355 e. The maximum absolute atomic E-state index is 13.1. The van der Waals surface area contributed by atoms with Gasteiger partial charge in [-0.2, -0.15) is 13.2 Å². The maximum Gasteiger partial charge on any atom is 0.416 e. The number of hydrogen-bond donors (Lipinski definition) is 2. The second-order valence-electron chi connectivity index (χ2n) is 7.74. The van der Waals surface area contributed by atoms with E-state index in [0.717, 1.165) is 57.7 Å². The van der Waals surface area contributed by atoms with E-state index < -0.39 is 11.7 Å². The van der Waals surface area contributed by atoms with Gasteiger partial charge in [-0.25, -0.2) is 0 Å². The summed E-state index contributed by atoms with van der Waals surface area (Å²) in [6, 6.07) is 5.63. The molecule has 0 radical (unpaired) electrons. The molecule has 1 amide bonds. The molecule has 1 aliphatic carbocycles. The lowest BCUT2D eigenvalue weighted by molar-refractivity contribution is -0.137. The zero-order valence-corrected chi connectivity index (χ0v) is 16.2. The Kier molecular flexibility index (Phi) is 7.57. The van der Waals surface area contributed by atoms with Crippen LogP contribution in [-0.2, 0) is 16.4 Å². The molecular formula is C20H28ClF3N2O. The van der Waals surface area contributed by atoms with Crippen LogP contribution in [0.25, 0.3) is 0 Å². The summed E-state index contributed by atoms with van der Waals surface area (Å²) in [6.45, 7) is 2.42. The molecule has 1 saturated heterocycles. The molecule has 2 fully saturated rings. The van der Waals surface area contributed by atoms with Crippen LogP contribution in [0.5, 0.6) is 0 Å². The topological polar surface area (TPSA) is 41.1 Å². The first-order valence-electron chi connectivity index (χ1n) is 9.54. The molecule has 3 rings (SSSR count). The molecule has 1 aliphatic heterocycles. The van der Waals surface area contributed by atoms with E-state index in [2.05, 4.69) is 10.6 Å². The quantitative estimate of drug-likeness (QED) is 0.735. The lowest BCUT2D eigenvalue weighted by Crippen LogP contribution is -2.39. The van der Waals surface area contributed by atoms with E-state index in [1.54, 1.807) is 6.07 Å². The summed E-state index contributed by atoms with van der Waals surface area (Å²) in [4.78, 5) is 12.2. The van der Waals surface area contributed by atoms with Crippen molar-refractivity contribution in [1.82, 2.24) is 10.6 Å². The Hall–Kier alpha value is -1.27. The summed E-state index contributed by atoms with van der Waals surface area (Å²) in [5.74, 6) is 0.569. The van der Waals surface area contributed by atoms with Gasteiger partial charge in [0.15, 0.2) is 0 Å². The molecule has 1 unspecified atom stereocenters. The van der Waals surface area contributed by atoms with Crippen LogP contribution in [0.1, 0.15) is 56.1 Å². The smallest absolute Gasteiger partial charge is 0.355 e. The highest BCUT2D eigenvalue weighted by Crippen LogP contribution is 2.42. The second kappa shape index (κ2) is 9.28. The van der Waals surface area contributed by atoms with Gasteiger partial charge in [0.1, 0.15) is 0 Å². The molecule has 27 heavy (non-hydrogen) atoms. The fourth-order valence-electron chi connectivity index (χ4n) is 4.30. The molecular weight excluding hydrogens is 377 g/mol. The lowest BCUT2D eigenvalue weighted by atomic mass is 9.78. The van der Waals surface area contributed by atoms with E-state index in [1.807, 2.05) is 0 Å². The van der Waals surface area contributed by atoms with Crippen molar-refractivity contribution < 1.29 is 18.0 Å². The molecule has 0 spiro atoms. The predicted octanol–water partition coefficient (Wildman–Crippen LogP) is 4.44. The standard InChI is InChI=1S/C20H27F3N2O.ClH/c21-20(22,23)17-5-3-4-16(12-17)19(9-1-2-10-19)14-25-18(26)7-6-15-8-11-24-13-15;/h3-5,12,15,24H,1-2,6-11,13-14H2,(H,25,26);1H. The van der Waals surface area contributed by atoms with E-state index in [9.17, 15) is 18.0 Å². The molecule has 0 bridgehead atoms. The third kappa shape index (κ3) is 5.61. The van der Waals surface area contributed by atoms with Crippen LogP contribution in [0.4, 0.5) is 13.2 Å². The van der Waals surface area contributed by atoms with Gasteiger partial charge in [-0.15, -0.1) is 12.4 Å². The Morgan fingerprint density at radius 1 is 1.26 bits per heavy atom. The largest absolute Gasteiger partial charge is 0.416 e. The summed E-state index contributed by atoms with van der Waals surface area (Å²) < 4.78 is 39.2. The Labute approximate surface area is 164 Å². The number of carbonyl (C=O) groups is 1. The number of carbonyl (C=O) groups excluding carboxylic acids is 1. The minimum atomic E-state index is -4.34. The van der Waals surface area contributed by atoms with E-state index in [4.69, 9.17) is 0 Å². The van der Waals surface area contributed by atoms with Crippen molar-refractivity contribution in [2.75, 3.05) is 19.6 Å². The Morgan fingerprint density at radius 2 is 2.00 bits per heavy atom. The highest BCUT2D eigenvalue weighted by atomic mass is 35.5. The summed E-state index contributed by atoms with van der Waals surface area (Å²) in [6.07, 6.45) is 1.75. The lowest BCUT2D eigenvalue weighted by Gasteiger charge is -2.30. The SMILES string of the molecule is Cl.O=C(CCC1CCNC1)NCC1(c2cccc(C(F)(F)F)c2)CCCC1. The van der Waals surface area contributed by atoms with Crippen molar-refractivity contribution >= 4 is 18.3 Å². The first-order valence-corrected chi connectivity index (χ1v) is 9.54. The van der Waals surface area contributed by atoms with Gasteiger partial charge in [-0.1, -0.05) is 31.0 Å². The monoisotopic (exact) mass is 404 g/mol. The van der Waals surface area contributed by atoms with Crippen LogP contribution >= 0.6 is 12.4 Å². The van der Waals surface area contributed by atoms with Gasteiger partial charge in [-0.3, -0.25) is 4.79 Å².